The zero-order valence-corrected chi connectivity index (χ0v) is 13.7. The molecule has 1 atom stereocenters. The molecule has 4 heteroatoms. The summed E-state index contributed by atoms with van der Waals surface area (Å²) in [6.45, 7) is 5.95. The molecule has 0 radical (unpaired) electrons. The van der Waals surface area contributed by atoms with E-state index in [9.17, 15) is 0 Å². The van der Waals surface area contributed by atoms with Crippen molar-refractivity contribution >= 4 is 0 Å². The van der Waals surface area contributed by atoms with E-state index in [-0.39, 0.29) is 0 Å². The highest BCUT2D eigenvalue weighted by Crippen LogP contribution is 2.29. The van der Waals surface area contributed by atoms with E-state index in [0.29, 0.717) is 5.92 Å². The van der Waals surface area contributed by atoms with Gasteiger partial charge in [-0.1, -0.05) is 0 Å². The van der Waals surface area contributed by atoms with Gasteiger partial charge in [-0.25, -0.2) is 0 Å². The smallest absolute Gasteiger partial charge is 0.117 e. The molecule has 0 aromatic carbocycles. The Balaban J connectivity index is 1.37. The summed E-state index contributed by atoms with van der Waals surface area (Å²) < 4.78 is 13.8. The molecule has 124 valence electrons. The van der Waals surface area contributed by atoms with Gasteiger partial charge in [-0.2, -0.15) is 0 Å². The van der Waals surface area contributed by atoms with Gasteiger partial charge in [0, 0.05) is 44.7 Å². The number of rotatable bonds is 7. The Morgan fingerprint density at radius 3 is 2.91 bits per heavy atom. The average Bonchev–Trinajstić information content (AvgIpc) is 3.10. The minimum atomic E-state index is 0.637. The van der Waals surface area contributed by atoms with Crippen LogP contribution in [0.15, 0.2) is 41.1 Å². The predicted molar refractivity (Wildman–Crippen MR) is 88.9 cm³/mol. The number of aromatic nitrogens is 1. The molecule has 1 aliphatic carbocycles. The zero-order chi connectivity index (χ0) is 15.5. The quantitative estimate of drug-likeness (QED) is 0.733. The van der Waals surface area contributed by atoms with Gasteiger partial charge in [0.2, 0.25) is 0 Å². The number of furan rings is 1. The Morgan fingerprint density at radius 2 is 2.09 bits per heavy atom. The molecule has 3 heterocycles. The van der Waals surface area contributed by atoms with Crippen LogP contribution in [-0.2, 0) is 24.4 Å². The maximum absolute atomic E-state index is 5.87. The lowest BCUT2D eigenvalue weighted by molar-refractivity contribution is 0.0999. The van der Waals surface area contributed by atoms with Crippen molar-refractivity contribution in [2.75, 3.05) is 19.8 Å². The molecule has 0 spiro atoms. The monoisotopic (exact) mass is 314 g/mol. The highest BCUT2D eigenvalue weighted by Gasteiger charge is 2.23. The number of hydrogen-bond donors (Lipinski definition) is 0. The number of fused-ring (bicyclic) bond motifs is 1. The van der Waals surface area contributed by atoms with E-state index in [2.05, 4.69) is 33.9 Å². The van der Waals surface area contributed by atoms with Crippen molar-refractivity contribution in [3.05, 3.63) is 48.2 Å². The van der Waals surface area contributed by atoms with E-state index in [0.717, 1.165) is 57.5 Å². The molecule has 0 unspecified atom stereocenters. The van der Waals surface area contributed by atoms with Gasteiger partial charge in [0.15, 0.2) is 0 Å². The summed E-state index contributed by atoms with van der Waals surface area (Å²) in [5.74, 6) is 2.54. The van der Waals surface area contributed by atoms with Gasteiger partial charge in [-0.05, 0) is 55.4 Å². The van der Waals surface area contributed by atoms with Crippen LogP contribution in [0.5, 0.6) is 0 Å². The van der Waals surface area contributed by atoms with Crippen LogP contribution >= 0.6 is 0 Å². The standard InChI is InChI=1S/C19H26N2O2/c1-3-18-13-20(14-19-4-2-9-23-19)11-17(12-21(18)8-1)7-10-22-15-16-5-6-16/h1-4,8-9,16-17H,5-7,10-15H2/t17-/m0/s1. The van der Waals surface area contributed by atoms with Gasteiger partial charge >= 0.3 is 0 Å². The molecular weight excluding hydrogens is 288 g/mol. The van der Waals surface area contributed by atoms with Crippen molar-refractivity contribution in [1.82, 2.24) is 9.47 Å². The Labute approximate surface area is 138 Å². The molecule has 0 amide bonds. The van der Waals surface area contributed by atoms with Gasteiger partial charge < -0.3 is 13.7 Å². The average molecular weight is 314 g/mol. The Hall–Kier alpha value is -1.52. The largest absolute Gasteiger partial charge is 0.468 e. The molecule has 0 N–H and O–H groups in total. The molecule has 1 aliphatic heterocycles. The fourth-order valence-electron chi connectivity index (χ4n) is 3.48. The third-order valence-electron chi connectivity index (χ3n) is 4.96. The minimum absolute atomic E-state index is 0.637. The van der Waals surface area contributed by atoms with Crippen molar-refractivity contribution in [1.29, 1.82) is 0 Å². The van der Waals surface area contributed by atoms with Crippen LogP contribution in [0.1, 0.15) is 30.7 Å². The van der Waals surface area contributed by atoms with Crippen LogP contribution < -0.4 is 0 Å². The Bertz CT molecular complexity index is 601. The first kappa shape index (κ1) is 15.0. The second-order valence-electron chi connectivity index (χ2n) is 7.07. The van der Waals surface area contributed by atoms with Gasteiger partial charge in [-0.3, -0.25) is 4.90 Å². The van der Waals surface area contributed by atoms with E-state index in [1.165, 1.54) is 18.5 Å². The summed E-state index contributed by atoms with van der Waals surface area (Å²) in [4.78, 5) is 2.50. The van der Waals surface area contributed by atoms with Crippen molar-refractivity contribution < 1.29 is 9.15 Å². The van der Waals surface area contributed by atoms with Crippen molar-refractivity contribution in [2.45, 2.75) is 38.9 Å². The first-order valence-electron chi connectivity index (χ1n) is 8.83. The molecular formula is C19H26N2O2. The summed E-state index contributed by atoms with van der Waals surface area (Å²) in [5, 5.41) is 0. The summed E-state index contributed by atoms with van der Waals surface area (Å²) in [7, 11) is 0. The molecule has 2 aliphatic rings. The summed E-state index contributed by atoms with van der Waals surface area (Å²) >= 11 is 0. The predicted octanol–water partition coefficient (Wildman–Crippen LogP) is 3.53. The van der Waals surface area contributed by atoms with Crippen molar-refractivity contribution in [2.24, 2.45) is 11.8 Å². The molecule has 23 heavy (non-hydrogen) atoms. The van der Waals surface area contributed by atoms with E-state index < -0.39 is 0 Å². The molecule has 4 rings (SSSR count). The molecule has 2 aromatic rings. The molecule has 2 aromatic heterocycles. The van der Waals surface area contributed by atoms with Gasteiger partial charge in [-0.15, -0.1) is 0 Å². The summed E-state index contributed by atoms with van der Waals surface area (Å²) in [5.41, 5.74) is 1.40. The third kappa shape index (κ3) is 4.06. The maximum Gasteiger partial charge on any atom is 0.117 e. The minimum Gasteiger partial charge on any atom is -0.468 e. The van der Waals surface area contributed by atoms with Crippen LogP contribution in [0.4, 0.5) is 0 Å². The normalized spacial score (nSPS) is 22.0. The van der Waals surface area contributed by atoms with Crippen molar-refractivity contribution in [3.63, 3.8) is 0 Å². The maximum atomic E-state index is 5.87. The highest BCUT2D eigenvalue weighted by molar-refractivity contribution is 5.09. The topological polar surface area (TPSA) is 30.5 Å². The van der Waals surface area contributed by atoms with Gasteiger partial charge in [0.25, 0.3) is 0 Å². The lowest BCUT2D eigenvalue weighted by atomic mass is 10.1. The molecule has 1 fully saturated rings. The number of ether oxygens (including phenoxy) is 1. The molecule has 1 saturated carbocycles. The summed E-state index contributed by atoms with van der Waals surface area (Å²) in [6.07, 6.45) is 7.85. The van der Waals surface area contributed by atoms with Crippen LogP contribution in [0.25, 0.3) is 0 Å². The summed E-state index contributed by atoms with van der Waals surface area (Å²) in [6, 6.07) is 8.43. The molecule has 0 saturated heterocycles. The highest BCUT2D eigenvalue weighted by atomic mass is 16.5. The zero-order valence-electron chi connectivity index (χ0n) is 13.7. The van der Waals surface area contributed by atoms with Crippen LogP contribution in [0.3, 0.4) is 0 Å². The second-order valence-corrected chi connectivity index (χ2v) is 7.07. The van der Waals surface area contributed by atoms with Crippen LogP contribution in [0, 0.1) is 11.8 Å². The fourth-order valence-corrected chi connectivity index (χ4v) is 3.48. The lowest BCUT2D eigenvalue weighted by Gasteiger charge is -2.23. The van der Waals surface area contributed by atoms with Gasteiger partial charge in [0.1, 0.15) is 5.76 Å². The first-order valence-corrected chi connectivity index (χ1v) is 8.83. The number of nitrogens with zero attached hydrogens (tertiary/aromatic N) is 2. The first-order chi connectivity index (χ1) is 11.4. The van der Waals surface area contributed by atoms with E-state index >= 15 is 0 Å². The van der Waals surface area contributed by atoms with Crippen LogP contribution in [-0.4, -0.2) is 29.2 Å². The van der Waals surface area contributed by atoms with E-state index in [1.54, 1.807) is 6.26 Å². The third-order valence-corrected chi connectivity index (χ3v) is 4.96. The second kappa shape index (κ2) is 6.93. The van der Waals surface area contributed by atoms with E-state index in [1.807, 2.05) is 6.07 Å². The lowest BCUT2D eigenvalue weighted by Crippen LogP contribution is -2.28. The Morgan fingerprint density at radius 1 is 1.13 bits per heavy atom. The molecule has 0 bridgehead atoms. The Kier molecular flexibility index (Phi) is 4.53. The fraction of sp³-hybridized carbons (Fsp3) is 0.579. The van der Waals surface area contributed by atoms with Gasteiger partial charge in [0.05, 0.1) is 12.8 Å². The van der Waals surface area contributed by atoms with Crippen molar-refractivity contribution in [3.8, 4) is 0 Å². The van der Waals surface area contributed by atoms with Crippen LogP contribution in [0.2, 0.25) is 0 Å². The van der Waals surface area contributed by atoms with E-state index in [4.69, 9.17) is 9.15 Å². The SMILES string of the molecule is c1coc(CN2Cc3cccn3C[C@@H](CCOCC3CC3)C2)c1. The molecule has 4 nitrogen and oxygen atoms in total. The number of hydrogen-bond acceptors (Lipinski definition) is 3.